The Labute approximate surface area is 198 Å². The summed E-state index contributed by atoms with van der Waals surface area (Å²) in [6.07, 6.45) is -5.76. The third kappa shape index (κ3) is 4.80. The third-order valence-electron chi connectivity index (χ3n) is 6.00. The average Bonchev–Trinajstić information content (AvgIpc) is 2.94. The van der Waals surface area contributed by atoms with Crippen LogP contribution in [0.5, 0.6) is 0 Å². The molecule has 2 aromatic rings. The van der Waals surface area contributed by atoms with Gasteiger partial charge in [-0.25, -0.2) is 4.98 Å². The van der Waals surface area contributed by atoms with Crippen molar-refractivity contribution in [2.24, 2.45) is 7.05 Å². The van der Waals surface area contributed by atoms with Crippen LogP contribution in [-0.4, -0.2) is 52.1 Å². The lowest BCUT2D eigenvalue weighted by molar-refractivity contribution is -0.216. The first-order valence-electron chi connectivity index (χ1n) is 10.4. The highest BCUT2D eigenvalue weighted by atomic mass is 35.5. The monoisotopic (exact) mass is 500 g/mol. The number of hydrogen-bond acceptors (Lipinski definition) is 5. The molecule has 8 nitrogen and oxygen atoms in total. The van der Waals surface area contributed by atoms with Gasteiger partial charge < -0.3 is 19.9 Å². The molecule has 2 aromatic heterocycles. The van der Waals surface area contributed by atoms with Crippen LogP contribution in [0.1, 0.15) is 50.6 Å². The Morgan fingerprint density at radius 1 is 1.15 bits per heavy atom. The Morgan fingerprint density at radius 3 is 2.32 bits per heavy atom. The number of aryl methyl sites for hydroxylation is 1. The van der Waals surface area contributed by atoms with Crippen molar-refractivity contribution in [3.05, 3.63) is 45.5 Å². The van der Waals surface area contributed by atoms with Crippen molar-refractivity contribution in [1.29, 1.82) is 0 Å². The molecule has 1 fully saturated rings. The van der Waals surface area contributed by atoms with Crippen LogP contribution in [0.4, 0.5) is 18.9 Å². The Hall–Kier alpha value is -2.92. The topological polar surface area (TPSA) is 102 Å². The second-order valence-electron chi connectivity index (χ2n) is 8.24. The van der Waals surface area contributed by atoms with Gasteiger partial charge in [-0.3, -0.25) is 14.4 Å². The van der Waals surface area contributed by atoms with Crippen LogP contribution in [0.15, 0.2) is 12.1 Å². The molecule has 2 N–H and O–H groups in total. The number of ketones is 1. The summed E-state index contributed by atoms with van der Waals surface area (Å²) in [6, 6.07) is 3.05. The highest BCUT2D eigenvalue weighted by Gasteiger charge is 2.56. The number of nitrogens with one attached hydrogen (secondary N) is 2. The summed E-state index contributed by atoms with van der Waals surface area (Å²) < 4.78 is 47.6. The van der Waals surface area contributed by atoms with Crippen LogP contribution in [0.2, 0.25) is 5.15 Å². The number of carbonyl (C=O) groups is 3. The van der Waals surface area contributed by atoms with Crippen LogP contribution in [0.25, 0.3) is 0 Å². The molecule has 1 aliphatic rings. The average molecular weight is 501 g/mol. The summed E-state index contributed by atoms with van der Waals surface area (Å²) in [6.45, 7) is 4.33. The van der Waals surface area contributed by atoms with Crippen molar-refractivity contribution in [2.45, 2.75) is 45.3 Å². The van der Waals surface area contributed by atoms with Gasteiger partial charge in [0.25, 0.3) is 17.6 Å². The van der Waals surface area contributed by atoms with Crippen molar-refractivity contribution < 1.29 is 32.3 Å². The zero-order chi connectivity index (χ0) is 25.4. The highest BCUT2D eigenvalue weighted by Crippen LogP contribution is 2.38. The smallest absolute Gasteiger partial charge is 0.381 e. The summed E-state index contributed by atoms with van der Waals surface area (Å²) in [5, 5.41) is 4.75. The number of hydrogen-bond donors (Lipinski definition) is 2. The quantitative estimate of drug-likeness (QED) is 0.370. The van der Waals surface area contributed by atoms with Gasteiger partial charge in [-0.05, 0) is 38.5 Å². The molecule has 0 radical (unpaired) electrons. The standard InChI is InChI=1S/C22H24ClF3N4O4/c1-11-9-14(10-15(23)27-11)28-19(32)16-12(2)17(30(4)13(16)3)18(31)20(33)29-21(22(24,25)26)5-7-34-8-6-21/h9-10H,5-8H2,1-4H3,(H,29,33)(H,27,28,32). The Balaban J connectivity index is 1.90. The van der Waals surface area contributed by atoms with Crippen molar-refractivity contribution in [3.63, 3.8) is 0 Å². The second kappa shape index (κ2) is 9.38. The van der Waals surface area contributed by atoms with E-state index in [9.17, 15) is 27.6 Å². The number of pyridine rings is 1. The number of anilines is 1. The number of carbonyl (C=O) groups excluding carboxylic acids is 3. The molecule has 2 amide bonds. The minimum atomic E-state index is -4.76. The van der Waals surface area contributed by atoms with Gasteiger partial charge in [0.1, 0.15) is 10.7 Å². The Morgan fingerprint density at radius 2 is 1.76 bits per heavy atom. The summed E-state index contributed by atoms with van der Waals surface area (Å²) >= 11 is 5.93. The van der Waals surface area contributed by atoms with E-state index >= 15 is 0 Å². The second-order valence-corrected chi connectivity index (χ2v) is 8.63. The van der Waals surface area contributed by atoms with E-state index in [0.29, 0.717) is 17.1 Å². The molecule has 0 spiro atoms. The normalized spacial score (nSPS) is 15.6. The predicted molar refractivity (Wildman–Crippen MR) is 118 cm³/mol. The molecule has 3 heterocycles. The molecular formula is C22H24ClF3N4O4. The number of ether oxygens (including phenoxy) is 1. The fraction of sp³-hybridized carbons (Fsp3) is 0.455. The molecule has 3 rings (SSSR count). The molecule has 184 valence electrons. The van der Waals surface area contributed by atoms with E-state index in [0.717, 1.165) is 0 Å². The zero-order valence-electron chi connectivity index (χ0n) is 19.0. The van der Waals surface area contributed by atoms with Crippen molar-refractivity contribution in [3.8, 4) is 0 Å². The van der Waals surface area contributed by atoms with E-state index in [-0.39, 0.29) is 35.2 Å². The van der Waals surface area contributed by atoms with E-state index in [1.807, 2.05) is 5.32 Å². The van der Waals surface area contributed by atoms with Crippen LogP contribution in [0.3, 0.4) is 0 Å². The molecule has 0 saturated carbocycles. The van der Waals surface area contributed by atoms with Crippen LogP contribution < -0.4 is 10.6 Å². The van der Waals surface area contributed by atoms with Gasteiger partial charge in [0.15, 0.2) is 0 Å². The van der Waals surface area contributed by atoms with Gasteiger partial charge in [-0.1, -0.05) is 11.6 Å². The molecule has 0 aliphatic carbocycles. The van der Waals surface area contributed by atoms with Gasteiger partial charge in [-0.15, -0.1) is 0 Å². The number of nitrogens with zero attached hydrogens (tertiary/aromatic N) is 2. The van der Waals surface area contributed by atoms with Crippen LogP contribution in [-0.2, 0) is 16.6 Å². The van der Waals surface area contributed by atoms with Crippen LogP contribution >= 0.6 is 11.6 Å². The van der Waals surface area contributed by atoms with E-state index in [1.165, 1.54) is 24.6 Å². The highest BCUT2D eigenvalue weighted by molar-refractivity contribution is 6.43. The molecule has 0 bridgehead atoms. The maximum absolute atomic E-state index is 13.8. The van der Waals surface area contributed by atoms with Crippen molar-refractivity contribution in [2.75, 3.05) is 18.5 Å². The minimum Gasteiger partial charge on any atom is -0.381 e. The number of Topliss-reactive ketones (excluding diaryl/α,β-unsaturated/α-hetero) is 1. The Kier molecular flexibility index (Phi) is 7.09. The lowest BCUT2D eigenvalue weighted by Crippen LogP contribution is -2.62. The molecule has 0 atom stereocenters. The van der Waals surface area contributed by atoms with E-state index < -0.39 is 42.2 Å². The first kappa shape index (κ1) is 25.7. The molecular weight excluding hydrogens is 477 g/mol. The number of halogens is 4. The first-order chi connectivity index (χ1) is 15.8. The molecule has 0 unspecified atom stereocenters. The predicted octanol–water partition coefficient (Wildman–Crippen LogP) is 3.66. The van der Waals surface area contributed by atoms with Gasteiger partial charge in [0.2, 0.25) is 0 Å². The van der Waals surface area contributed by atoms with E-state index in [1.54, 1.807) is 19.9 Å². The lowest BCUT2D eigenvalue weighted by atomic mass is 9.89. The van der Waals surface area contributed by atoms with Crippen LogP contribution in [0, 0.1) is 20.8 Å². The lowest BCUT2D eigenvalue weighted by Gasteiger charge is -2.39. The minimum absolute atomic E-state index is 0.126. The van der Waals surface area contributed by atoms with Crippen molar-refractivity contribution in [1.82, 2.24) is 14.9 Å². The SMILES string of the molecule is Cc1cc(NC(=O)c2c(C)c(C(=O)C(=O)NC3(C(F)(F)F)CCOCC3)n(C)c2C)cc(Cl)n1. The van der Waals surface area contributed by atoms with Gasteiger partial charge >= 0.3 is 6.18 Å². The zero-order valence-corrected chi connectivity index (χ0v) is 19.8. The van der Waals surface area contributed by atoms with Gasteiger partial charge in [0, 0.05) is 50.2 Å². The molecule has 34 heavy (non-hydrogen) atoms. The number of rotatable bonds is 5. The fourth-order valence-electron chi connectivity index (χ4n) is 4.11. The molecule has 1 saturated heterocycles. The van der Waals surface area contributed by atoms with E-state index in [4.69, 9.17) is 16.3 Å². The third-order valence-corrected chi connectivity index (χ3v) is 6.19. The number of alkyl halides is 3. The molecule has 0 aromatic carbocycles. The van der Waals surface area contributed by atoms with Gasteiger partial charge in [-0.2, -0.15) is 13.2 Å². The summed E-state index contributed by atoms with van der Waals surface area (Å²) in [4.78, 5) is 42.7. The van der Waals surface area contributed by atoms with Gasteiger partial charge in [0.05, 0.1) is 11.3 Å². The van der Waals surface area contributed by atoms with Crippen molar-refractivity contribution >= 4 is 34.9 Å². The Bertz CT molecular complexity index is 1130. The summed E-state index contributed by atoms with van der Waals surface area (Å²) in [5.41, 5.74) is -1.12. The first-order valence-corrected chi connectivity index (χ1v) is 10.8. The maximum atomic E-state index is 13.8. The summed E-state index contributed by atoms with van der Waals surface area (Å²) in [7, 11) is 1.46. The fourth-order valence-corrected chi connectivity index (χ4v) is 4.36. The number of amides is 2. The summed E-state index contributed by atoms with van der Waals surface area (Å²) in [5.74, 6) is -3.13. The maximum Gasteiger partial charge on any atom is 0.411 e. The molecule has 1 aliphatic heterocycles. The largest absolute Gasteiger partial charge is 0.411 e. The number of aromatic nitrogens is 2. The molecule has 12 heteroatoms. The van der Waals surface area contributed by atoms with E-state index in [2.05, 4.69) is 10.3 Å².